The number of nitrogens with zero attached hydrogens (tertiary/aromatic N) is 3. The molecule has 0 radical (unpaired) electrons. The molecular formula is C20H30N4O4S. The largest absolute Gasteiger partial charge is 0.361 e. The van der Waals surface area contributed by atoms with Gasteiger partial charge < -0.3 is 19.6 Å². The van der Waals surface area contributed by atoms with E-state index in [0.29, 0.717) is 56.0 Å². The van der Waals surface area contributed by atoms with Crippen molar-refractivity contribution in [1.82, 2.24) is 20.3 Å². The van der Waals surface area contributed by atoms with Crippen molar-refractivity contribution in [3.05, 3.63) is 17.0 Å². The van der Waals surface area contributed by atoms with Gasteiger partial charge in [-0.25, -0.2) is 0 Å². The molecule has 2 saturated heterocycles. The summed E-state index contributed by atoms with van der Waals surface area (Å²) in [6.07, 6.45) is 5.95. The second kappa shape index (κ2) is 9.19. The van der Waals surface area contributed by atoms with Crippen molar-refractivity contribution in [2.45, 2.75) is 45.6 Å². The zero-order valence-corrected chi connectivity index (χ0v) is 18.2. The minimum absolute atomic E-state index is 0.0113. The van der Waals surface area contributed by atoms with Crippen molar-refractivity contribution in [3.8, 4) is 0 Å². The Morgan fingerprint density at radius 2 is 1.90 bits per heavy atom. The first-order chi connectivity index (χ1) is 13.9. The molecule has 9 heteroatoms. The molecule has 0 aliphatic carbocycles. The average molecular weight is 423 g/mol. The van der Waals surface area contributed by atoms with E-state index in [4.69, 9.17) is 4.52 Å². The molecule has 160 valence electrons. The van der Waals surface area contributed by atoms with Gasteiger partial charge in [0.2, 0.25) is 12.3 Å². The number of rotatable bonds is 7. The number of hydrogen-bond acceptors (Lipinski definition) is 6. The predicted molar refractivity (Wildman–Crippen MR) is 111 cm³/mol. The lowest BCUT2D eigenvalue weighted by Crippen LogP contribution is -2.48. The number of hydrogen-bond donors (Lipinski definition) is 1. The van der Waals surface area contributed by atoms with Gasteiger partial charge in [-0.15, -0.1) is 0 Å². The lowest BCUT2D eigenvalue weighted by Gasteiger charge is -2.39. The third-order valence-corrected chi connectivity index (χ3v) is 6.93. The van der Waals surface area contributed by atoms with Crippen LogP contribution in [0.15, 0.2) is 4.52 Å². The quantitative estimate of drug-likeness (QED) is 0.671. The van der Waals surface area contributed by atoms with Crippen molar-refractivity contribution in [2.24, 2.45) is 5.41 Å². The fourth-order valence-electron chi connectivity index (χ4n) is 4.48. The number of aryl methyl sites for hydroxylation is 2. The van der Waals surface area contributed by atoms with E-state index >= 15 is 0 Å². The number of thioether (sulfide) groups is 1. The van der Waals surface area contributed by atoms with Gasteiger partial charge in [-0.1, -0.05) is 5.16 Å². The fraction of sp³-hybridized carbons (Fsp3) is 0.700. The van der Waals surface area contributed by atoms with Crippen LogP contribution in [0.1, 0.15) is 47.5 Å². The Bertz CT molecular complexity index is 738. The van der Waals surface area contributed by atoms with Gasteiger partial charge in [0.15, 0.2) is 0 Å². The molecule has 8 nitrogen and oxygen atoms in total. The monoisotopic (exact) mass is 422 g/mol. The Balaban J connectivity index is 1.58. The smallest absolute Gasteiger partial charge is 0.259 e. The summed E-state index contributed by atoms with van der Waals surface area (Å²) in [7, 11) is 0. The highest BCUT2D eigenvalue weighted by Gasteiger charge is 2.44. The highest BCUT2D eigenvalue weighted by Crippen LogP contribution is 2.41. The van der Waals surface area contributed by atoms with Crippen LogP contribution in [0, 0.1) is 19.3 Å². The van der Waals surface area contributed by atoms with E-state index in [1.165, 1.54) is 0 Å². The van der Waals surface area contributed by atoms with Crippen LogP contribution in [0.5, 0.6) is 0 Å². The predicted octanol–water partition coefficient (Wildman–Crippen LogP) is 1.61. The standard InChI is InChI=1S/C20H30N4O4S/c1-14-17(15(2)28-22-14)19(27)23-8-5-20(6-9-23)7-10-24(12-20)18(26)16(21-13-25)4-11-29-3/h13,16H,4-12H2,1-3H3,(H,21,25)/t16-/m0/s1. The Labute approximate surface area is 175 Å². The number of piperidine rings is 1. The number of nitrogens with one attached hydrogen (secondary N) is 1. The highest BCUT2D eigenvalue weighted by molar-refractivity contribution is 7.98. The van der Waals surface area contributed by atoms with Crippen molar-refractivity contribution >= 4 is 30.0 Å². The lowest BCUT2D eigenvalue weighted by atomic mass is 9.77. The van der Waals surface area contributed by atoms with Gasteiger partial charge >= 0.3 is 0 Å². The summed E-state index contributed by atoms with van der Waals surface area (Å²) in [4.78, 5) is 40.4. The van der Waals surface area contributed by atoms with Crippen molar-refractivity contribution in [2.75, 3.05) is 38.2 Å². The molecule has 3 heterocycles. The number of aromatic nitrogens is 1. The number of carbonyl (C=O) groups is 3. The van der Waals surface area contributed by atoms with Gasteiger partial charge in [-0.2, -0.15) is 11.8 Å². The second-order valence-electron chi connectivity index (χ2n) is 8.12. The maximum atomic E-state index is 12.9. The van der Waals surface area contributed by atoms with E-state index in [1.54, 1.807) is 25.6 Å². The fourth-order valence-corrected chi connectivity index (χ4v) is 4.95. The molecule has 0 saturated carbocycles. The maximum absolute atomic E-state index is 12.9. The molecule has 1 N–H and O–H groups in total. The first-order valence-corrected chi connectivity index (χ1v) is 11.5. The molecule has 3 rings (SSSR count). The minimum Gasteiger partial charge on any atom is -0.361 e. The zero-order chi connectivity index (χ0) is 21.0. The maximum Gasteiger partial charge on any atom is 0.259 e. The van der Waals surface area contributed by atoms with Crippen molar-refractivity contribution in [1.29, 1.82) is 0 Å². The summed E-state index contributed by atoms with van der Waals surface area (Å²) in [5.41, 5.74) is 1.27. The van der Waals surface area contributed by atoms with Crippen LogP contribution >= 0.6 is 11.8 Å². The van der Waals surface area contributed by atoms with Crippen LogP contribution < -0.4 is 5.32 Å². The molecule has 1 aromatic heterocycles. The van der Waals surface area contributed by atoms with Crippen LogP contribution in [-0.2, 0) is 9.59 Å². The summed E-state index contributed by atoms with van der Waals surface area (Å²) in [6, 6.07) is -0.448. The summed E-state index contributed by atoms with van der Waals surface area (Å²) >= 11 is 1.67. The Morgan fingerprint density at radius 3 is 2.45 bits per heavy atom. The van der Waals surface area contributed by atoms with Gasteiger partial charge in [-0.05, 0) is 57.0 Å². The molecule has 2 fully saturated rings. The van der Waals surface area contributed by atoms with E-state index in [2.05, 4.69) is 10.5 Å². The first-order valence-electron chi connectivity index (χ1n) is 10.1. The van der Waals surface area contributed by atoms with Gasteiger partial charge in [0.1, 0.15) is 17.4 Å². The van der Waals surface area contributed by atoms with E-state index < -0.39 is 6.04 Å². The zero-order valence-electron chi connectivity index (χ0n) is 17.4. The van der Waals surface area contributed by atoms with Crippen LogP contribution in [0.3, 0.4) is 0 Å². The average Bonchev–Trinajstić information content (AvgIpc) is 3.28. The molecule has 1 aromatic rings. The molecule has 0 aromatic carbocycles. The minimum atomic E-state index is -0.448. The molecule has 2 aliphatic heterocycles. The molecule has 3 amide bonds. The van der Waals surface area contributed by atoms with E-state index in [-0.39, 0.29) is 17.2 Å². The number of amides is 3. The van der Waals surface area contributed by atoms with Crippen molar-refractivity contribution in [3.63, 3.8) is 0 Å². The van der Waals surface area contributed by atoms with Crippen LogP contribution in [0.4, 0.5) is 0 Å². The third kappa shape index (κ3) is 4.60. The number of likely N-dealkylation sites (tertiary alicyclic amines) is 2. The second-order valence-corrected chi connectivity index (χ2v) is 9.11. The van der Waals surface area contributed by atoms with Gasteiger partial charge in [-0.3, -0.25) is 14.4 Å². The first kappa shape index (κ1) is 21.7. The van der Waals surface area contributed by atoms with Crippen LogP contribution in [0.25, 0.3) is 0 Å². The topological polar surface area (TPSA) is 95.8 Å². The summed E-state index contributed by atoms with van der Waals surface area (Å²) in [6.45, 7) is 6.32. The Morgan fingerprint density at radius 1 is 1.24 bits per heavy atom. The van der Waals surface area contributed by atoms with Crippen LogP contribution in [0.2, 0.25) is 0 Å². The molecule has 1 spiro atoms. The van der Waals surface area contributed by atoms with Crippen molar-refractivity contribution < 1.29 is 18.9 Å². The van der Waals surface area contributed by atoms with Gasteiger partial charge in [0.05, 0.1) is 5.69 Å². The van der Waals surface area contributed by atoms with Gasteiger partial charge in [0.25, 0.3) is 5.91 Å². The van der Waals surface area contributed by atoms with E-state index in [1.807, 2.05) is 16.1 Å². The molecular weight excluding hydrogens is 392 g/mol. The molecule has 0 unspecified atom stereocenters. The summed E-state index contributed by atoms with van der Waals surface area (Å²) in [5.74, 6) is 1.38. The normalized spacial score (nSPS) is 19.4. The Hall–Kier alpha value is -2.03. The molecule has 2 aliphatic rings. The Kier molecular flexibility index (Phi) is 6.87. The van der Waals surface area contributed by atoms with Crippen LogP contribution in [-0.4, -0.2) is 77.4 Å². The highest BCUT2D eigenvalue weighted by atomic mass is 32.2. The van der Waals surface area contributed by atoms with Gasteiger partial charge in [0, 0.05) is 26.2 Å². The van der Waals surface area contributed by atoms with E-state index in [9.17, 15) is 14.4 Å². The SMILES string of the molecule is CSCC[C@H](NC=O)C(=O)N1CCC2(CCN(C(=O)c3c(C)noc3C)CC2)C1. The summed E-state index contributed by atoms with van der Waals surface area (Å²) in [5, 5.41) is 6.57. The molecule has 0 bridgehead atoms. The van der Waals surface area contributed by atoms with E-state index in [0.717, 1.165) is 25.0 Å². The molecule has 1 atom stereocenters. The number of carbonyl (C=O) groups excluding carboxylic acids is 3. The third-order valence-electron chi connectivity index (χ3n) is 6.29. The molecule has 29 heavy (non-hydrogen) atoms. The lowest BCUT2D eigenvalue weighted by molar-refractivity contribution is -0.134. The summed E-state index contributed by atoms with van der Waals surface area (Å²) < 4.78 is 5.14.